The van der Waals surface area contributed by atoms with Crippen LogP contribution < -0.4 is 5.32 Å². The molecule has 0 aromatic heterocycles. The molecule has 0 atom stereocenters. The van der Waals surface area contributed by atoms with Crippen LogP contribution in [-0.2, 0) is 9.84 Å². The van der Waals surface area contributed by atoms with Gasteiger partial charge in [-0.1, -0.05) is 0 Å². The Balaban J connectivity index is 2.29. The molecule has 0 bridgehead atoms. The van der Waals surface area contributed by atoms with Crippen molar-refractivity contribution in [2.45, 2.75) is 6.42 Å². The number of benzene rings is 1. The molecule has 1 aromatic rings. The average Bonchev–Trinajstić information content (AvgIpc) is 2.14. The van der Waals surface area contributed by atoms with Crippen molar-refractivity contribution < 1.29 is 12.8 Å². The van der Waals surface area contributed by atoms with Crippen molar-refractivity contribution in [3.63, 3.8) is 0 Å². The van der Waals surface area contributed by atoms with Gasteiger partial charge in [-0.25, -0.2) is 12.8 Å². The number of hydrogen-bond acceptors (Lipinski definition) is 3. The fourth-order valence-electron chi connectivity index (χ4n) is 1.13. The molecule has 0 amide bonds. The van der Waals surface area contributed by atoms with E-state index in [0.29, 0.717) is 13.0 Å². The first-order valence-corrected chi connectivity index (χ1v) is 6.70. The Morgan fingerprint density at radius 2 is 1.87 bits per heavy atom. The van der Waals surface area contributed by atoms with E-state index in [1.165, 1.54) is 18.4 Å². The normalized spacial score (nSPS) is 11.3. The van der Waals surface area contributed by atoms with Crippen molar-refractivity contribution in [3.8, 4) is 0 Å². The lowest BCUT2D eigenvalue weighted by Gasteiger charge is -2.05. The first-order valence-electron chi connectivity index (χ1n) is 4.64. The van der Waals surface area contributed by atoms with Crippen molar-refractivity contribution in [3.05, 3.63) is 30.1 Å². The second-order valence-electron chi connectivity index (χ2n) is 3.42. The minimum atomic E-state index is -2.89. The van der Waals surface area contributed by atoms with Gasteiger partial charge in [0.25, 0.3) is 0 Å². The molecule has 0 aliphatic rings. The molecule has 15 heavy (non-hydrogen) atoms. The van der Waals surface area contributed by atoms with Crippen LogP contribution in [0.5, 0.6) is 0 Å². The predicted octanol–water partition coefficient (Wildman–Crippen LogP) is 1.67. The van der Waals surface area contributed by atoms with Crippen LogP contribution in [0.1, 0.15) is 6.42 Å². The quantitative estimate of drug-likeness (QED) is 0.784. The third-order valence-electron chi connectivity index (χ3n) is 1.87. The van der Waals surface area contributed by atoms with Crippen LogP contribution in [0.25, 0.3) is 0 Å². The molecule has 0 unspecified atom stereocenters. The minimum Gasteiger partial charge on any atom is -0.385 e. The van der Waals surface area contributed by atoms with Crippen molar-refractivity contribution in [1.82, 2.24) is 0 Å². The van der Waals surface area contributed by atoms with Crippen LogP contribution in [0.3, 0.4) is 0 Å². The van der Waals surface area contributed by atoms with E-state index in [2.05, 4.69) is 5.32 Å². The Morgan fingerprint density at radius 1 is 1.27 bits per heavy atom. The summed E-state index contributed by atoms with van der Waals surface area (Å²) in [6, 6.07) is 5.96. The molecule has 0 radical (unpaired) electrons. The first-order chi connectivity index (χ1) is 6.97. The van der Waals surface area contributed by atoms with E-state index in [4.69, 9.17) is 0 Å². The summed E-state index contributed by atoms with van der Waals surface area (Å²) in [7, 11) is -2.89. The molecular formula is C10H14FNO2S. The van der Waals surface area contributed by atoms with Gasteiger partial charge in [0, 0.05) is 18.5 Å². The standard InChI is InChI=1S/C10H14FNO2S/c1-15(13,14)8-2-7-12-10-5-3-9(11)4-6-10/h3-6,12H,2,7-8H2,1H3. The molecular weight excluding hydrogens is 217 g/mol. The fourth-order valence-corrected chi connectivity index (χ4v) is 1.80. The highest BCUT2D eigenvalue weighted by atomic mass is 32.2. The van der Waals surface area contributed by atoms with Gasteiger partial charge in [0.2, 0.25) is 0 Å². The summed E-state index contributed by atoms with van der Waals surface area (Å²) in [6.07, 6.45) is 1.76. The molecule has 5 heteroatoms. The van der Waals surface area contributed by atoms with Crippen molar-refractivity contribution in [2.24, 2.45) is 0 Å². The molecule has 0 saturated carbocycles. The number of halogens is 1. The molecule has 0 spiro atoms. The largest absolute Gasteiger partial charge is 0.385 e. The Morgan fingerprint density at radius 3 is 2.40 bits per heavy atom. The van der Waals surface area contributed by atoms with Gasteiger partial charge >= 0.3 is 0 Å². The fraction of sp³-hybridized carbons (Fsp3) is 0.400. The Hall–Kier alpha value is -1.10. The maximum Gasteiger partial charge on any atom is 0.147 e. The van der Waals surface area contributed by atoms with Crippen LogP contribution in [0, 0.1) is 5.82 Å². The number of sulfone groups is 1. The van der Waals surface area contributed by atoms with Gasteiger partial charge in [-0.05, 0) is 30.7 Å². The highest BCUT2D eigenvalue weighted by molar-refractivity contribution is 7.90. The zero-order valence-electron chi connectivity index (χ0n) is 8.53. The van der Waals surface area contributed by atoms with Crippen LogP contribution in [0.4, 0.5) is 10.1 Å². The van der Waals surface area contributed by atoms with E-state index in [0.717, 1.165) is 5.69 Å². The van der Waals surface area contributed by atoms with Gasteiger partial charge in [0.05, 0.1) is 5.75 Å². The Labute approximate surface area is 89.2 Å². The van der Waals surface area contributed by atoms with Crippen LogP contribution in [0.2, 0.25) is 0 Å². The Kier molecular flexibility index (Phi) is 4.08. The van der Waals surface area contributed by atoms with Crippen LogP contribution in [-0.4, -0.2) is 27.0 Å². The molecule has 1 N–H and O–H groups in total. The zero-order valence-corrected chi connectivity index (χ0v) is 9.35. The maximum atomic E-state index is 12.5. The lowest BCUT2D eigenvalue weighted by Crippen LogP contribution is -2.09. The minimum absolute atomic E-state index is 0.168. The highest BCUT2D eigenvalue weighted by Gasteiger charge is 2.00. The van der Waals surface area contributed by atoms with E-state index >= 15 is 0 Å². The monoisotopic (exact) mass is 231 g/mol. The summed E-state index contributed by atoms with van der Waals surface area (Å²) in [5, 5.41) is 3.01. The second kappa shape index (κ2) is 5.11. The summed E-state index contributed by atoms with van der Waals surface area (Å²) in [4.78, 5) is 0. The van der Waals surface area contributed by atoms with Gasteiger partial charge < -0.3 is 5.32 Å². The maximum absolute atomic E-state index is 12.5. The average molecular weight is 231 g/mol. The van der Waals surface area contributed by atoms with Gasteiger partial charge in [-0.3, -0.25) is 0 Å². The SMILES string of the molecule is CS(=O)(=O)CCCNc1ccc(F)cc1. The van der Waals surface area contributed by atoms with Crippen LogP contribution in [0.15, 0.2) is 24.3 Å². The van der Waals surface area contributed by atoms with Gasteiger partial charge in [0.15, 0.2) is 0 Å². The molecule has 84 valence electrons. The first kappa shape index (κ1) is 12.0. The molecule has 0 fully saturated rings. The number of rotatable bonds is 5. The van der Waals surface area contributed by atoms with E-state index < -0.39 is 9.84 Å². The highest BCUT2D eigenvalue weighted by Crippen LogP contribution is 2.07. The molecule has 1 aromatic carbocycles. The molecule has 0 aliphatic heterocycles. The summed E-state index contributed by atoms with van der Waals surface area (Å²) in [6.45, 7) is 0.568. The van der Waals surface area contributed by atoms with E-state index in [-0.39, 0.29) is 11.6 Å². The number of anilines is 1. The molecule has 1 rings (SSSR count). The van der Waals surface area contributed by atoms with Crippen molar-refractivity contribution in [1.29, 1.82) is 0 Å². The lowest BCUT2D eigenvalue weighted by atomic mass is 10.3. The lowest BCUT2D eigenvalue weighted by molar-refractivity contribution is 0.600. The van der Waals surface area contributed by atoms with Gasteiger partial charge in [0.1, 0.15) is 15.7 Å². The number of nitrogens with one attached hydrogen (secondary N) is 1. The smallest absolute Gasteiger partial charge is 0.147 e. The summed E-state index contributed by atoms with van der Waals surface area (Å²) in [5.41, 5.74) is 0.796. The van der Waals surface area contributed by atoms with Gasteiger partial charge in [-0.15, -0.1) is 0 Å². The summed E-state index contributed by atoms with van der Waals surface area (Å²) < 4.78 is 34.1. The van der Waals surface area contributed by atoms with E-state index in [1.807, 2.05) is 0 Å². The van der Waals surface area contributed by atoms with Crippen LogP contribution >= 0.6 is 0 Å². The molecule has 0 heterocycles. The molecule has 3 nitrogen and oxygen atoms in total. The summed E-state index contributed by atoms with van der Waals surface area (Å²) in [5.74, 6) is -0.113. The van der Waals surface area contributed by atoms with Gasteiger partial charge in [-0.2, -0.15) is 0 Å². The van der Waals surface area contributed by atoms with Crippen molar-refractivity contribution >= 4 is 15.5 Å². The molecule has 0 saturated heterocycles. The third kappa shape index (κ3) is 5.37. The summed E-state index contributed by atoms with van der Waals surface area (Å²) >= 11 is 0. The van der Waals surface area contributed by atoms with E-state index in [9.17, 15) is 12.8 Å². The topological polar surface area (TPSA) is 46.2 Å². The van der Waals surface area contributed by atoms with Crippen molar-refractivity contribution in [2.75, 3.05) is 23.9 Å². The van der Waals surface area contributed by atoms with E-state index in [1.54, 1.807) is 12.1 Å². The Bertz CT molecular complexity index is 400. The third-order valence-corrected chi connectivity index (χ3v) is 2.90. The molecule has 0 aliphatic carbocycles. The second-order valence-corrected chi connectivity index (χ2v) is 5.68. The number of hydrogen-bond donors (Lipinski definition) is 1. The predicted molar refractivity (Wildman–Crippen MR) is 59.2 cm³/mol. The zero-order chi connectivity index (χ0) is 11.3.